The molecule has 1 saturated heterocycles. The molecule has 2 heterocycles. The Balaban J connectivity index is 1.86. The van der Waals surface area contributed by atoms with E-state index in [4.69, 9.17) is 9.52 Å². The lowest BCUT2D eigenvalue weighted by Crippen LogP contribution is -2.42. The van der Waals surface area contributed by atoms with Crippen LogP contribution in [0.25, 0.3) is 11.0 Å². The third kappa shape index (κ3) is 2.51. The number of hydrogen-bond acceptors (Lipinski definition) is 3. The molecule has 1 unspecified atom stereocenters. The molecule has 0 radical (unpaired) electrons. The van der Waals surface area contributed by atoms with Gasteiger partial charge in [0, 0.05) is 18.5 Å². The number of rotatable bonds is 2. The minimum atomic E-state index is -0.840. The monoisotopic (exact) mass is 287 g/mol. The summed E-state index contributed by atoms with van der Waals surface area (Å²) in [6.07, 6.45) is 1.33. The van der Waals surface area contributed by atoms with Crippen molar-refractivity contribution in [1.29, 1.82) is 0 Å². The molecule has 2 aromatic rings. The molecule has 1 N–H and O–H groups in total. The molecule has 5 nitrogen and oxygen atoms in total. The van der Waals surface area contributed by atoms with Crippen molar-refractivity contribution < 1.29 is 19.1 Å². The van der Waals surface area contributed by atoms with Gasteiger partial charge in [0.1, 0.15) is 5.58 Å². The number of likely N-dealkylation sites (tertiary alicyclic amines) is 1. The molecule has 1 atom stereocenters. The second-order valence-corrected chi connectivity index (χ2v) is 5.53. The zero-order valence-electron chi connectivity index (χ0n) is 11.8. The van der Waals surface area contributed by atoms with Crippen molar-refractivity contribution in [3.05, 3.63) is 35.6 Å². The van der Waals surface area contributed by atoms with Gasteiger partial charge in [0.15, 0.2) is 5.76 Å². The van der Waals surface area contributed by atoms with Crippen molar-refractivity contribution in [2.45, 2.75) is 19.8 Å². The quantitative estimate of drug-likeness (QED) is 0.921. The van der Waals surface area contributed by atoms with E-state index >= 15 is 0 Å². The summed E-state index contributed by atoms with van der Waals surface area (Å²) in [4.78, 5) is 25.1. The molecule has 0 saturated carbocycles. The lowest BCUT2D eigenvalue weighted by Gasteiger charge is -2.29. The Morgan fingerprint density at radius 1 is 1.38 bits per heavy atom. The Labute approximate surface area is 122 Å². The van der Waals surface area contributed by atoms with E-state index in [2.05, 4.69) is 0 Å². The first kappa shape index (κ1) is 13.7. The average molecular weight is 287 g/mol. The third-order valence-corrected chi connectivity index (χ3v) is 4.01. The van der Waals surface area contributed by atoms with E-state index < -0.39 is 11.9 Å². The van der Waals surface area contributed by atoms with Crippen molar-refractivity contribution in [3.8, 4) is 0 Å². The molecule has 110 valence electrons. The number of carbonyl (C=O) groups excluding carboxylic acids is 1. The van der Waals surface area contributed by atoms with Crippen LogP contribution < -0.4 is 0 Å². The summed E-state index contributed by atoms with van der Waals surface area (Å²) in [6, 6.07) is 7.48. The number of aryl methyl sites for hydroxylation is 1. The zero-order chi connectivity index (χ0) is 15.0. The summed E-state index contributed by atoms with van der Waals surface area (Å²) >= 11 is 0. The number of amides is 1. The van der Waals surface area contributed by atoms with Crippen molar-refractivity contribution in [2.75, 3.05) is 13.1 Å². The van der Waals surface area contributed by atoms with Crippen molar-refractivity contribution in [1.82, 2.24) is 4.90 Å². The molecule has 1 fully saturated rings. The minimum Gasteiger partial charge on any atom is -0.481 e. The van der Waals surface area contributed by atoms with Crippen molar-refractivity contribution in [3.63, 3.8) is 0 Å². The number of piperidine rings is 1. The number of benzene rings is 1. The molecule has 0 bridgehead atoms. The number of carboxylic acids is 1. The first-order valence-electron chi connectivity index (χ1n) is 7.07. The second-order valence-electron chi connectivity index (χ2n) is 5.53. The molecule has 1 aromatic heterocycles. The summed E-state index contributed by atoms with van der Waals surface area (Å²) in [5.41, 5.74) is 1.70. The van der Waals surface area contributed by atoms with Gasteiger partial charge in [-0.05, 0) is 31.4 Å². The fourth-order valence-electron chi connectivity index (χ4n) is 2.83. The number of para-hydroxylation sites is 1. The molecule has 1 amide bonds. The maximum absolute atomic E-state index is 12.5. The predicted molar refractivity (Wildman–Crippen MR) is 77.2 cm³/mol. The molecule has 3 rings (SSSR count). The number of nitrogens with zero attached hydrogens (tertiary/aromatic N) is 1. The summed E-state index contributed by atoms with van der Waals surface area (Å²) in [5, 5.41) is 9.99. The summed E-state index contributed by atoms with van der Waals surface area (Å²) < 4.78 is 5.67. The van der Waals surface area contributed by atoms with Crippen LogP contribution in [-0.2, 0) is 4.79 Å². The van der Waals surface area contributed by atoms with Gasteiger partial charge in [0.25, 0.3) is 5.91 Å². The molecule has 1 aliphatic rings. The van der Waals surface area contributed by atoms with Crippen LogP contribution in [0.5, 0.6) is 0 Å². The van der Waals surface area contributed by atoms with E-state index in [1.165, 1.54) is 0 Å². The fourth-order valence-corrected chi connectivity index (χ4v) is 2.83. The van der Waals surface area contributed by atoms with Gasteiger partial charge in [-0.25, -0.2) is 0 Å². The highest BCUT2D eigenvalue weighted by Gasteiger charge is 2.30. The lowest BCUT2D eigenvalue weighted by atomic mass is 9.98. The molecule has 1 aliphatic heterocycles. The second kappa shape index (κ2) is 5.24. The number of carbonyl (C=O) groups is 2. The van der Waals surface area contributed by atoms with Gasteiger partial charge in [0.05, 0.1) is 5.92 Å². The largest absolute Gasteiger partial charge is 0.481 e. The summed E-state index contributed by atoms with van der Waals surface area (Å²) in [7, 11) is 0. The number of fused-ring (bicyclic) bond motifs is 1. The Morgan fingerprint density at radius 2 is 2.19 bits per heavy atom. The van der Waals surface area contributed by atoms with Crippen molar-refractivity contribution >= 4 is 22.8 Å². The zero-order valence-corrected chi connectivity index (χ0v) is 11.8. The first-order chi connectivity index (χ1) is 10.1. The molecular weight excluding hydrogens is 270 g/mol. The van der Waals surface area contributed by atoms with Gasteiger partial charge in [-0.1, -0.05) is 18.2 Å². The highest BCUT2D eigenvalue weighted by Crippen LogP contribution is 2.25. The van der Waals surface area contributed by atoms with Crippen LogP contribution >= 0.6 is 0 Å². The van der Waals surface area contributed by atoms with E-state index in [0.717, 1.165) is 10.9 Å². The SMILES string of the molecule is Cc1cccc2cc(C(=O)N3CCCC(C(=O)O)C3)oc12. The molecular formula is C16H17NO4. The van der Waals surface area contributed by atoms with Crippen LogP contribution in [0.15, 0.2) is 28.7 Å². The van der Waals surface area contributed by atoms with Crippen LogP contribution in [-0.4, -0.2) is 35.0 Å². The summed E-state index contributed by atoms with van der Waals surface area (Å²) in [5.74, 6) is -1.26. The van der Waals surface area contributed by atoms with Gasteiger partial charge in [-0.2, -0.15) is 0 Å². The smallest absolute Gasteiger partial charge is 0.308 e. The Hall–Kier alpha value is -2.30. The molecule has 21 heavy (non-hydrogen) atoms. The minimum absolute atomic E-state index is 0.225. The maximum atomic E-state index is 12.5. The van der Waals surface area contributed by atoms with Gasteiger partial charge >= 0.3 is 5.97 Å². The van der Waals surface area contributed by atoms with Crippen LogP contribution in [0.3, 0.4) is 0 Å². The van der Waals surface area contributed by atoms with E-state index in [1.807, 2.05) is 25.1 Å². The molecule has 1 aromatic carbocycles. The molecule has 0 spiro atoms. The maximum Gasteiger partial charge on any atom is 0.308 e. The van der Waals surface area contributed by atoms with E-state index in [1.54, 1.807) is 11.0 Å². The number of aliphatic carboxylic acids is 1. The third-order valence-electron chi connectivity index (χ3n) is 4.01. The van der Waals surface area contributed by atoms with Gasteiger partial charge in [0.2, 0.25) is 0 Å². The Kier molecular flexibility index (Phi) is 3.41. The first-order valence-corrected chi connectivity index (χ1v) is 7.07. The van der Waals surface area contributed by atoms with Crippen LogP contribution in [0, 0.1) is 12.8 Å². The fraction of sp³-hybridized carbons (Fsp3) is 0.375. The highest BCUT2D eigenvalue weighted by molar-refractivity contribution is 5.97. The predicted octanol–water partition coefficient (Wildman–Crippen LogP) is 2.68. The van der Waals surface area contributed by atoms with Crippen LogP contribution in [0.4, 0.5) is 0 Å². The Bertz CT molecular complexity index is 703. The molecule has 5 heteroatoms. The highest BCUT2D eigenvalue weighted by atomic mass is 16.4. The van der Waals surface area contributed by atoms with Crippen molar-refractivity contribution in [2.24, 2.45) is 5.92 Å². The van der Waals surface area contributed by atoms with E-state index in [-0.39, 0.29) is 18.2 Å². The number of furan rings is 1. The van der Waals surface area contributed by atoms with Crippen LogP contribution in [0.1, 0.15) is 29.0 Å². The standard InChI is InChI=1S/C16H17NO4/c1-10-4-2-5-11-8-13(21-14(10)11)15(18)17-7-3-6-12(9-17)16(19)20/h2,4-5,8,12H,3,6-7,9H2,1H3,(H,19,20). The van der Waals surface area contributed by atoms with Gasteiger partial charge in [-0.3, -0.25) is 9.59 Å². The topological polar surface area (TPSA) is 70.8 Å². The van der Waals surface area contributed by atoms with E-state index in [9.17, 15) is 9.59 Å². The normalized spacial score (nSPS) is 18.9. The van der Waals surface area contributed by atoms with Crippen LogP contribution in [0.2, 0.25) is 0 Å². The number of hydrogen-bond donors (Lipinski definition) is 1. The van der Waals surface area contributed by atoms with E-state index in [0.29, 0.717) is 25.0 Å². The Morgan fingerprint density at radius 3 is 2.90 bits per heavy atom. The number of carboxylic acid groups (broad SMARTS) is 1. The average Bonchev–Trinajstić information content (AvgIpc) is 2.92. The van der Waals surface area contributed by atoms with Gasteiger partial charge < -0.3 is 14.4 Å². The lowest BCUT2D eigenvalue weighted by molar-refractivity contribution is -0.143. The molecule has 0 aliphatic carbocycles. The van der Waals surface area contributed by atoms with Gasteiger partial charge in [-0.15, -0.1) is 0 Å². The summed E-state index contributed by atoms with van der Waals surface area (Å²) in [6.45, 7) is 2.77.